The van der Waals surface area contributed by atoms with E-state index in [1.807, 2.05) is 0 Å². The van der Waals surface area contributed by atoms with Crippen molar-refractivity contribution in [1.82, 2.24) is 4.72 Å². The minimum Gasteiger partial charge on any atom is -0.348 e. The van der Waals surface area contributed by atoms with Gasteiger partial charge in [-0.3, -0.25) is 10.1 Å². The van der Waals surface area contributed by atoms with Gasteiger partial charge in [-0.25, -0.2) is 17.5 Å². The first kappa shape index (κ1) is 15.5. The predicted octanol–water partition coefficient (Wildman–Crippen LogP) is -0.260. The van der Waals surface area contributed by atoms with Crippen molar-refractivity contribution in [3.05, 3.63) is 39.7 Å². The fraction of sp³-hybridized carbons (Fsp3) is 0.400. The highest BCUT2D eigenvalue weighted by molar-refractivity contribution is 7.89. The van der Waals surface area contributed by atoms with Gasteiger partial charge in [-0.05, 0) is 20.0 Å². The van der Waals surface area contributed by atoms with Crippen molar-refractivity contribution in [3.63, 3.8) is 0 Å². The summed E-state index contributed by atoms with van der Waals surface area (Å²) in [5, 5.41) is 10.7. The van der Waals surface area contributed by atoms with E-state index in [9.17, 15) is 22.9 Å². The quantitative estimate of drug-likeness (QED) is 0.574. The van der Waals surface area contributed by atoms with Gasteiger partial charge in [0.1, 0.15) is 17.1 Å². The van der Waals surface area contributed by atoms with E-state index in [2.05, 4.69) is 10.5 Å². The van der Waals surface area contributed by atoms with Crippen molar-refractivity contribution >= 4 is 15.7 Å². The molecular formula is C10H15FN3O4S+. The second-order valence-corrected chi connectivity index (χ2v) is 6.37. The third-order valence-electron chi connectivity index (χ3n) is 2.63. The van der Waals surface area contributed by atoms with Gasteiger partial charge in [-0.15, -0.1) is 0 Å². The van der Waals surface area contributed by atoms with Gasteiger partial charge in [0, 0.05) is 12.1 Å². The molecule has 1 atom stereocenters. The molecule has 0 amide bonds. The smallest absolute Gasteiger partial charge is 0.270 e. The number of rotatable bonds is 5. The third-order valence-corrected chi connectivity index (χ3v) is 4.27. The van der Waals surface area contributed by atoms with Crippen LogP contribution < -0.4 is 10.5 Å². The van der Waals surface area contributed by atoms with Gasteiger partial charge < -0.3 is 5.73 Å². The summed E-state index contributed by atoms with van der Waals surface area (Å²) in [4.78, 5) is 9.99. The summed E-state index contributed by atoms with van der Waals surface area (Å²) in [7, 11) is -2.39. The Hall–Kier alpha value is -1.58. The number of nitrogens with one attached hydrogen (secondary N) is 1. The Bertz CT molecular complexity index is 601. The van der Waals surface area contributed by atoms with Crippen molar-refractivity contribution in [2.24, 2.45) is 0 Å². The molecule has 0 aliphatic heterocycles. The number of nitro groups is 1. The zero-order chi connectivity index (χ0) is 14.8. The molecule has 106 valence electrons. The third kappa shape index (κ3) is 3.69. The molecule has 7 nitrogen and oxygen atoms in total. The molecule has 0 saturated heterocycles. The highest BCUT2D eigenvalue weighted by atomic mass is 32.2. The van der Waals surface area contributed by atoms with Crippen LogP contribution in [0, 0.1) is 15.9 Å². The molecule has 1 aromatic rings. The van der Waals surface area contributed by atoms with E-state index in [4.69, 9.17) is 0 Å². The highest BCUT2D eigenvalue weighted by Gasteiger charge is 2.35. The standard InChI is InChI=1S/C10H14FN3O4S/c1-10(12,6-19(17,18)13-2)8-5-7(14(15)16)3-4-9(8)11/h3-5,13H,6,12H2,1-2H3/p+1/t10-/m0/s1. The monoisotopic (exact) mass is 292 g/mol. The van der Waals surface area contributed by atoms with Gasteiger partial charge in [-0.1, -0.05) is 0 Å². The lowest BCUT2D eigenvalue weighted by Crippen LogP contribution is -2.71. The average Bonchev–Trinajstić information content (AvgIpc) is 2.27. The van der Waals surface area contributed by atoms with Crippen molar-refractivity contribution in [1.29, 1.82) is 0 Å². The first-order chi connectivity index (χ1) is 8.59. The summed E-state index contributed by atoms with van der Waals surface area (Å²) < 4.78 is 38.9. The molecule has 0 aromatic heterocycles. The van der Waals surface area contributed by atoms with E-state index in [1.165, 1.54) is 14.0 Å². The number of hydrogen-bond acceptors (Lipinski definition) is 4. The fourth-order valence-corrected chi connectivity index (χ4v) is 2.80. The van der Waals surface area contributed by atoms with Gasteiger partial charge >= 0.3 is 0 Å². The maximum atomic E-state index is 13.7. The summed E-state index contributed by atoms with van der Waals surface area (Å²) in [6, 6.07) is 2.96. The number of benzene rings is 1. The van der Waals surface area contributed by atoms with E-state index >= 15 is 0 Å². The summed E-state index contributed by atoms with van der Waals surface area (Å²) in [6.45, 7) is 1.41. The number of sulfonamides is 1. The van der Waals surface area contributed by atoms with Crippen LogP contribution in [0.2, 0.25) is 0 Å². The van der Waals surface area contributed by atoms with Gasteiger partial charge in [0.05, 0.1) is 10.5 Å². The lowest BCUT2D eigenvalue weighted by atomic mass is 9.94. The summed E-state index contributed by atoms with van der Waals surface area (Å²) >= 11 is 0. The Balaban J connectivity index is 3.27. The topological polar surface area (TPSA) is 117 Å². The first-order valence-corrected chi connectivity index (χ1v) is 6.95. The van der Waals surface area contributed by atoms with Crippen molar-refractivity contribution < 1.29 is 23.5 Å². The molecule has 19 heavy (non-hydrogen) atoms. The number of quaternary nitrogens is 1. The molecule has 0 unspecified atom stereocenters. The zero-order valence-electron chi connectivity index (χ0n) is 10.5. The molecule has 4 N–H and O–H groups in total. The molecule has 0 bridgehead atoms. The molecule has 1 rings (SSSR count). The van der Waals surface area contributed by atoms with Crippen LogP contribution in [0.5, 0.6) is 0 Å². The lowest BCUT2D eigenvalue weighted by molar-refractivity contribution is -0.474. The Labute approximate surface area is 109 Å². The van der Waals surface area contributed by atoms with E-state index in [0.717, 1.165) is 18.2 Å². The SMILES string of the molecule is CNS(=O)(=O)C[C@](C)([NH3+])c1cc([N+](=O)[O-])ccc1F. The summed E-state index contributed by atoms with van der Waals surface area (Å²) in [6.07, 6.45) is 0. The van der Waals surface area contributed by atoms with Crippen LogP contribution in [-0.2, 0) is 15.6 Å². The average molecular weight is 292 g/mol. The Morgan fingerprint density at radius 1 is 1.53 bits per heavy atom. The lowest BCUT2D eigenvalue weighted by Gasteiger charge is -2.21. The predicted molar refractivity (Wildman–Crippen MR) is 66.1 cm³/mol. The van der Waals surface area contributed by atoms with Gasteiger partial charge in [0.2, 0.25) is 10.0 Å². The Morgan fingerprint density at radius 3 is 2.58 bits per heavy atom. The van der Waals surface area contributed by atoms with E-state index in [1.54, 1.807) is 0 Å². The summed E-state index contributed by atoms with van der Waals surface area (Å²) in [5.41, 5.74) is 1.89. The van der Waals surface area contributed by atoms with E-state index in [0.29, 0.717) is 0 Å². The van der Waals surface area contributed by atoms with Crippen LogP contribution in [0.25, 0.3) is 0 Å². The number of nitrogens with zero attached hydrogens (tertiary/aromatic N) is 1. The molecule has 0 aliphatic carbocycles. The largest absolute Gasteiger partial charge is 0.348 e. The normalized spacial score (nSPS) is 14.9. The number of non-ortho nitro benzene ring substituents is 1. The number of nitro benzene ring substituents is 1. The maximum absolute atomic E-state index is 13.7. The van der Waals surface area contributed by atoms with Crippen molar-refractivity contribution in [2.75, 3.05) is 12.8 Å². The second-order valence-electron chi connectivity index (χ2n) is 4.45. The van der Waals surface area contributed by atoms with Crippen LogP contribution in [0.15, 0.2) is 18.2 Å². The van der Waals surface area contributed by atoms with Crippen LogP contribution in [-0.4, -0.2) is 26.1 Å². The van der Waals surface area contributed by atoms with Crippen LogP contribution >= 0.6 is 0 Å². The molecule has 0 fully saturated rings. The van der Waals surface area contributed by atoms with Crippen molar-refractivity contribution in [3.8, 4) is 0 Å². The molecule has 0 spiro atoms. The van der Waals surface area contributed by atoms with E-state index < -0.39 is 32.1 Å². The Morgan fingerprint density at radius 2 is 2.11 bits per heavy atom. The molecule has 9 heteroatoms. The maximum Gasteiger partial charge on any atom is 0.270 e. The van der Waals surface area contributed by atoms with Crippen molar-refractivity contribution in [2.45, 2.75) is 12.5 Å². The summed E-state index contributed by atoms with van der Waals surface area (Å²) in [5.74, 6) is -1.20. The molecule has 0 saturated carbocycles. The number of hydrogen-bond donors (Lipinski definition) is 2. The fourth-order valence-electron chi connectivity index (χ4n) is 1.66. The van der Waals surface area contributed by atoms with Gasteiger partial charge in [0.25, 0.3) is 5.69 Å². The second kappa shape index (κ2) is 5.19. The first-order valence-electron chi connectivity index (χ1n) is 5.30. The van der Waals surface area contributed by atoms with Crippen LogP contribution in [0.4, 0.5) is 10.1 Å². The van der Waals surface area contributed by atoms with Crippen LogP contribution in [0.3, 0.4) is 0 Å². The van der Waals surface area contributed by atoms with Crippen LogP contribution in [0.1, 0.15) is 12.5 Å². The zero-order valence-corrected chi connectivity index (χ0v) is 11.3. The molecule has 0 aliphatic rings. The van der Waals surface area contributed by atoms with E-state index in [-0.39, 0.29) is 11.3 Å². The molecular weight excluding hydrogens is 277 g/mol. The van der Waals surface area contributed by atoms with Gasteiger partial charge in [-0.2, -0.15) is 0 Å². The van der Waals surface area contributed by atoms with Gasteiger partial charge in [0.15, 0.2) is 0 Å². The molecule has 1 aromatic carbocycles. The molecule has 0 heterocycles. The minimum atomic E-state index is -3.62. The highest BCUT2D eigenvalue weighted by Crippen LogP contribution is 2.25. The Kier molecular flexibility index (Phi) is 4.23. The number of halogens is 1. The molecule has 0 radical (unpaired) electrons. The minimum absolute atomic E-state index is 0.111.